The Balaban J connectivity index is 1.62. The molecule has 1 aliphatic rings. The molecule has 8 heteroatoms. The zero-order valence-corrected chi connectivity index (χ0v) is 13.0. The number of benzene rings is 1. The van der Waals surface area contributed by atoms with E-state index in [0.29, 0.717) is 30.6 Å². The average molecular weight is 336 g/mol. The van der Waals surface area contributed by atoms with Gasteiger partial charge in [-0.05, 0) is 30.9 Å². The molecular weight excluding hydrogens is 318 g/mol. The lowest BCUT2D eigenvalue weighted by atomic mass is 9.90. The van der Waals surface area contributed by atoms with Crippen LogP contribution < -0.4 is 0 Å². The summed E-state index contributed by atoms with van der Waals surface area (Å²) in [5, 5.41) is 20.8. The van der Waals surface area contributed by atoms with Crippen LogP contribution in [0.15, 0.2) is 24.4 Å². The molecule has 1 atom stereocenters. The molecular formula is C16H18F2N4O2. The van der Waals surface area contributed by atoms with Crippen molar-refractivity contribution in [2.45, 2.75) is 31.3 Å². The van der Waals surface area contributed by atoms with Gasteiger partial charge < -0.3 is 10.0 Å². The molecule has 1 aliphatic heterocycles. The molecule has 0 bridgehead atoms. The van der Waals surface area contributed by atoms with Crippen LogP contribution in [0.3, 0.4) is 0 Å². The summed E-state index contributed by atoms with van der Waals surface area (Å²) in [5.74, 6) is -1.47. The van der Waals surface area contributed by atoms with E-state index in [9.17, 15) is 18.7 Å². The standard InChI is InChI=1S/C16H18F2N4O2/c17-12-4-2-11(13(18)8-12)3-5-15(23)22-7-1-6-16(24,10-22)14-9-19-21-20-14/h2,4,8-9,24H,1,3,5-7,10H2,(H,19,20,21)/t16-/m0/s1. The van der Waals surface area contributed by atoms with E-state index in [-0.39, 0.29) is 25.3 Å². The van der Waals surface area contributed by atoms with Crippen LogP contribution in [0.4, 0.5) is 8.78 Å². The molecule has 0 radical (unpaired) electrons. The molecule has 2 aromatic rings. The lowest BCUT2D eigenvalue weighted by Gasteiger charge is -2.38. The number of rotatable bonds is 4. The Morgan fingerprint density at radius 2 is 2.25 bits per heavy atom. The number of hydrogen-bond donors (Lipinski definition) is 2. The average Bonchev–Trinajstić information content (AvgIpc) is 3.09. The van der Waals surface area contributed by atoms with Crippen LogP contribution in [0.5, 0.6) is 0 Å². The number of piperidine rings is 1. The van der Waals surface area contributed by atoms with Crippen LogP contribution in [-0.4, -0.2) is 44.4 Å². The third kappa shape index (κ3) is 3.43. The van der Waals surface area contributed by atoms with Crippen LogP contribution in [0.2, 0.25) is 0 Å². The zero-order chi connectivity index (χ0) is 17.2. The maximum atomic E-state index is 13.6. The van der Waals surface area contributed by atoms with Gasteiger partial charge in [-0.2, -0.15) is 15.4 Å². The lowest BCUT2D eigenvalue weighted by molar-refractivity contribution is -0.139. The highest BCUT2D eigenvalue weighted by molar-refractivity contribution is 5.76. The van der Waals surface area contributed by atoms with Gasteiger partial charge in [-0.1, -0.05) is 6.07 Å². The number of carbonyl (C=O) groups is 1. The van der Waals surface area contributed by atoms with Crippen LogP contribution in [0, 0.1) is 11.6 Å². The van der Waals surface area contributed by atoms with E-state index in [1.54, 1.807) is 4.90 Å². The van der Waals surface area contributed by atoms with Gasteiger partial charge in [0.1, 0.15) is 22.9 Å². The maximum absolute atomic E-state index is 13.6. The van der Waals surface area contributed by atoms with Gasteiger partial charge in [0.05, 0.1) is 12.7 Å². The van der Waals surface area contributed by atoms with Crippen molar-refractivity contribution in [1.82, 2.24) is 20.3 Å². The number of nitrogens with zero attached hydrogens (tertiary/aromatic N) is 3. The highest BCUT2D eigenvalue weighted by Gasteiger charge is 2.38. The van der Waals surface area contributed by atoms with E-state index < -0.39 is 17.2 Å². The Kier molecular flexibility index (Phi) is 4.57. The summed E-state index contributed by atoms with van der Waals surface area (Å²) in [5.41, 5.74) is -0.514. The first-order valence-electron chi connectivity index (χ1n) is 7.78. The van der Waals surface area contributed by atoms with Crippen molar-refractivity contribution in [3.8, 4) is 0 Å². The number of carbonyl (C=O) groups excluding carboxylic acids is 1. The van der Waals surface area contributed by atoms with Crippen molar-refractivity contribution in [3.05, 3.63) is 47.3 Å². The number of H-pyrrole nitrogens is 1. The van der Waals surface area contributed by atoms with Gasteiger partial charge in [0.2, 0.25) is 5.91 Å². The molecule has 128 valence electrons. The lowest BCUT2D eigenvalue weighted by Crippen LogP contribution is -2.48. The fraction of sp³-hybridized carbons (Fsp3) is 0.438. The Bertz CT molecular complexity index is 723. The van der Waals surface area contributed by atoms with Crippen LogP contribution in [0.1, 0.15) is 30.5 Å². The largest absolute Gasteiger partial charge is 0.382 e. The molecule has 3 rings (SSSR count). The van der Waals surface area contributed by atoms with Crippen LogP contribution in [-0.2, 0) is 16.8 Å². The van der Waals surface area contributed by atoms with E-state index in [1.165, 1.54) is 18.3 Å². The third-order valence-electron chi connectivity index (χ3n) is 4.34. The van der Waals surface area contributed by atoms with Crippen molar-refractivity contribution < 1.29 is 18.7 Å². The maximum Gasteiger partial charge on any atom is 0.223 e. The number of aromatic amines is 1. The molecule has 1 aromatic carbocycles. The molecule has 0 saturated carbocycles. The van der Waals surface area contributed by atoms with E-state index >= 15 is 0 Å². The Hall–Kier alpha value is -2.35. The van der Waals surface area contributed by atoms with Crippen LogP contribution >= 0.6 is 0 Å². The van der Waals surface area contributed by atoms with Gasteiger partial charge in [0.15, 0.2) is 0 Å². The molecule has 1 saturated heterocycles. The number of aromatic nitrogens is 3. The number of β-amino-alcohol motifs (C(OH)–C–C–N with tert-alkyl or cyclic N) is 1. The summed E-state index contributed by atoms with van der Waals surface area (Å²) in [6.07, 6.45) is 2.86. The molecule has 24 heavy (non-hydrogen) atoms. The first kappa shape index (κ1) is 16.5. The highest BCUT2D eigenvalue weighted by atomic mass is 19.1. The summed E-state index contributed by atoms with van der Waals surface area (Å²) in [6, 6.07) is 3.33. The van der Waals surface area contributed by atoms with Gasteiger partial charge in [-0.3, -0.25) is 4.79 Å². The molecule has 1 fully saturated rings. The van der Waals surface area contributed by atoms with E-state index in [4.69, 9.17) is 0 Å². The number of nitrogens with one attached hydrogen (secondary N) is 1. The van der Waals surface area contributed by atoms with Gasteiger partial charge >= 0.3 is 0 Å². The Morgan fingerprint density at radius 1 is 1.42 bits per heavy atom. The first-order chi connectivity index (χ1) is 11.5. The minimum absolute atomic E-state index is 0.0947. The smallest absolute Gasteiger partial charge is 0.223 e. The second-order valence-electron chi connectivity index (χ2n) is 6.04. The molecule has 2 N–H and O–H groups in total. The Labute approximate surface area is 137 Å². The highest BCUT2D eigenvalue weighted by Crippen LogP contribution is 2.30. The topological polar surface area (TPSA) is 82.1 Å². The second kappa shape index (κ2) is 6.64. The summed E-state index contributed by atoms with van der Waals surface area (Å²) >= 11 is 0. The monoisotopic (exact) mass is 336 g/mol. The fourth-order valence-corrected chi connectivity index (χ4v) is 3.01. The molecule has 6 nitrogen and oxygen atoms in total. The van der Waals surface area contributed by atoms with E-state index in [0.717, 1.165) is 6.07 Å². The van der Waals surface area contributed by atoms with Crippen molar-refractivity contribution in [2.75, 3.05) is 13.1 Å². The SMILES string of the molecule is O=C(CCc1ccc(F)cc1F)N1CCC[C@@](O)(c2cn[nH]n2)C1. The predicted molar refractivity (Wildman–Crippen MR) is 80.8 cm³/mol. The van der Waals surface area contributed by atoms with Gasteiger partial charge in [0, 0.05) is 19.0 Å². The van der Waals surface area contributed by atoms with Crippen molar-refractivity contribution in [3.63, 3.8) is 0 Å². The molecule has 0 unspecified atom stereocenters. The quantitative estimate of drug-likeness (QED) is 0.887. The van der Waals surface area contributed by atoms with Crippen molar-refractivity contribution in [2.24, 2.45) is 0 Å². The molecule has 1 aromatic heterocycles. The van der Waals surface area contributed by atoms with Gasteiger partial charge in [-0.25, -0.2) is 8.78 Å². The third-order valence-corrected chi connectivity index (χ3v) is 4.34. The van der Waals surface area contributed by atoms with Crippen molar-refractivity contribution >= 4 is 5.91 Å². The number of likely N-dealkylation sites (tertiary alicyclic amines) is 1. The first-order valence-corrected chi connectivity index (χ1v) is 7.78. The number of hydrogen-bond acceptors (Lipinski definition) is 4. The molecule has 1 amide bonds. The summed E-state index contributed by atoms with van der Waals surface area (Å²) < 4.78 is 26.5. The molecule has 0 aliphatic carbocycles. The summed E-state index contributed by atoms with van der Waals surface area (Å²) in [4.78, 5) is 13.9. The predicted octanol–water partition coefficient (Wildman–Crippen LogP) is 1.53. The van der Waals surface area contributed by atoms with Crippen LogP contribution in [0.25, 0.3) is 0 Å². The summed E-state index contributed by atoms with van der Waals surface area (Å²) in [7, 11) is 0. The number of aryl methyl sites for hydroxylation is 1. The van der Waals surface area contributed by atoms with Gasteiger partial charge in [-0.15, -0.1) is 0 Å². The number of aliphatic hydroxyl groups is 1. The van der Waals surface area contributed by atoms with Crippen molar-refractivity contribution in [1.29, 1.82) is 0 Å². The molecule has 0 spiro atoms. The molecule has 2 heterocycles. The van der Waals surface area contributed by atoms with E-state index in [2.05, 4.69) is 15.4 Å². The second-order valence-corrected chi connectivity index (χ2v) is 6.04. The fourth-order valence-electron chi connectivity index (χ4n) is 3.01. The minimum atomic E-state index is -1.22. The Morgan fingerprint density at radius 3 is 2.96 bits per heavy atom. The normalized spacial score (nSPS) is 21.0. The minimum Gasteiger partial charge on any atom is -0.382 e. The van der Waals surface area contributed by atoms with E-state index in [1.807, 2.05) is 0 Å². The summed E-state index contributed by atoms with van der Waals surface area (Å²) in [6.45, 7) is 0.662. The zero-order valence-electron chi connectivity index (χ0n) is 13.0. The number of amides is 1. The van der Waals surface area contributed by atoms with Gasteiger partial charge in [0.25, 0.3) is 0 Å². The number of halogens is 2.